The fourth-order valence-corrected chi connectivity index (χ4v) is 1.88. The van der Waals surface area contributed by atoms with Crippen LogP contribution in [0.5, 0.6) is 0 Å². The fraction of sp³-hybridized carbons (Fsp3) is 0.333. The van der Waals surface area contributed by atoms with Crippen LogP contribution in [-0.4, -0.2) is 6.18 Å². The number of halogens is 5. The number of nitrogens with two attached hydrogens (primary N) is 1. The van der Waals surface area contributed by atoms with Crippen molar-refractivity contribution < 1.29 is 13.2 Å². The van der Waals surface area contributed by atoms with E-state index in [1.807, 2.05) is 0 Å². The third-order valence-corrected chi connectivity index (χ3v) is 2.77. The molecule has 0 fully saturated rings. The molecule has 1 atom stereocenters. The van der Waals surface area contributed by atoms with E-state index in [2.05, 4.69) is 15.9 Å². The molecule has 0 radical (unpaired) electrons. The van der Waals surface area contributed by atoms with E-state index >= 15 is 0 Å². The van der Waals surface area contributed by atoms with Crippen LogP contribution in [0.2, 0.25) is 5.02 Å². The van der Waals surface area contributed by atoms with Crippen molar-refractivity contribution in [2.24, 2.45) is 5.73 Å². The van der Waals surface area contributed by atoms with Gasteiger partial charge in [0, 0.05) is 15.5 Å². The molecule has 0 unspecified atom stereocenters. The molecule has 1 nitrogen and oxygen atoms in total. The van der Waals surface area contributed by atoms with Gasteiger partial charge in [-0.25, -0.2) is 0 Å². The van der Waals surface area contributed by atoms with Crippen LogP contribution in [-0.2, 0) is 0 Å². The highest BCUT2D eigenvalue weighted by atomic mass is 79.9. The molecule has 0 aliphatic heterocycles. The topological polar surface area (TPSA) is 26.0 Å². The number of hydrogen-bond donors (Lipinski definition) is 1. The quantitative estimate of drug-likeness (QED) is 0.876. The zero-order valence-corrected chi connectivity index (χ0v) is 9.83. The minimum atomic E-state index is -4.28. The summed E-state index contributed by atoms with van der Waals surface area (Å²) in [7, 11) is 0. The van der Waals surface area contributed by atoms with E-state index in [0.29, 0.717) is 15.1 Å². The van der Waals surface area contributed by atoms with Gasteiger partial charge in [0.1, 0.15) is 0 Å². The van der Waals surface area contributed by atoms with Crippen molar-refractivity contribution >= 4 is 27.5 Å². The predicted octanol–water partition coefficient (Wildman–Crippen LogP) is 4.05. The molecule has 6 heteroatoms. The maximum absolute atomic E-state index is 12.1. The molecular formula is C9H8BrClF3N. The Morgan fingerprint density at radius 1 is 1.40 bits per heavy atom. The van der Waals surface area contributed by atoms with Crippen LogP contribution in [0.15, 0.2) is 22.7 Å². The van der Waals surface area contributed by atoms with Gasteiger partial charge < -0.3 is 5.73 Å². The molecule has 1 aromatic rings. The molecule has 0 heterocycles. The molecule has 2 N–H and O–H groups in total. The van der Waals surface area contributed by atoms with E-state index < -0.39 is 18.6 Å². The van der Waals surface area contributed by atoms with Crippen molar-refractivity contribution in [2.45, 2.75) is 18.6 Å². The fourth-order valence-electron chi connectivity index (χ4n) is 1.16. The van der Waals surface area contributed by atoms with Crippen LogP contribution < -0.4 is 5.73 Å². The van der Waals surface area contributed by atoms with Crippen LogP contribution in [0.3, 0.4) is 0 Å². The summed E-state index contributed by atoms with van der Waals surface area (Å²) in [5, 5.41) is 0.367. The highest BCUT2D eigenvalue weighted by molar-refractivity contribution is 9.10. The van der Waals surface area contributed by atoms with E-state index in [1.165, 1.54) is 6.07 Å². The lowest BCUT2D eigenvalue weighted by atomic mass is 10.0. The lowest BCUT2D eigenvalue weighted by molar-refractivity contribution is -0.138. The highest BCUT2D eigenvalue weighted by Gasteiger charge is 2.31. The Bertz CT molecular complexity index is 354. The van der Waals surface area contributed by atoms with Crippen molar-refractivity contribution in [1.29, 1.82) is 0 Å². The SMILES string of the molecule is N[C@H](CC(F)(F)F)c1cc(Cl)ccc1Br. The molecule has 0 saturated carbocycles. The summed E-state index contributed by atoms with van der Waals surface area (Å²) in [5.41, 5.74) is 5.80. The molecule has 0 amide bonds. The summed E-state index contributed by atoms with van der Waals surface area (Å²) >= 11 is 8.81. The van der Waals surface area contributed by atoms with E-state index in [4.69, 9.17) is 17.3 Å². The smallest absolute Gasteiger partial charge is 0.324 e. The number of alkyl halides is 3. The van der Waals surface area contributed by atoms with Crippen molar-refractivity contribution in [2.75, 3.05) is 0 Å². The van der Waals surface area contributed by atoms with E-state index in [9.17, 15) is 13.2 Å². The first-order chi connectivity index (χ1) is 6.79. The first-order valence-electron chi connectivity index (χ1n) is 4.07. The molecule has 0 aliphatic carbocycles. The average Bonchev–Trinajstić information content (AvgIpc) is 2.06. The van der Waals surface area contributed by atoms with Gasteiger partial charge in [-0.2, -0.15) is 13.2 Å². The third-order valence-electron chi connectivity index (χ3n) is 1.81. The zero-order chi connectivity index (χ0) is 11.6. The molecule has 1 aromatic carbocycles. The van der Waals surface area contributed by atoms with Crippen molar-refractivity contribution in [3.63, 3.8) is 0 Å². The molecule has 15 heavy (non-hydrogen) atoms. The zero-order valence-electron chi connectivity index (χ0n) is 7.48. The second-order valence-electron chi connectivity index (χ2n) is 3.09. The highest BCUT2D eigenvalue weighted by Crippen LogP contribution is 2.32. The van der Waals surface area contributed by atoms with Crippen molar-refractivity contribution in [3.05, 3.63) is 33.3 Å². The maximum Gasteiger partial charge on any atom is 0.390 e. The Morgan fingerprint density at radius 2 is 2.00 bits per heavy atom. The van der Waals surface area contributed by atoms with E-state index in [-0.39, 0.29) is 0 Å². The summed E-state index contributed by atoms with van der Waals surface area (Å²) in [6, 6.07) is 3.49. The predicted molar refractivity (Wildman–Crippen MR) is 56.8 cm³/mol. The van der Waals surface area contributed by atoms with Gasteiger partial charge in [0.25, 0.3) is 0 Å². The first-order valence-corrected chi connectivity index (χ1v) is 5.24. The Morgan fingerprint density at radius 3 is 2.53 bits per heavy atom. The van der Waals surface area contributed by atoms with Crippen LogP contribution in [0.1, 0.15) is 18.0 Å². The monoisotopic (exact) mass is 301 g/mol. The largest absolute Gasteiger partial charge is 0.390 e. The molecule has 1 rings (SSSR count). The maximum atomic E-state index is 12.1. The number of benzene rings is 1. The Kier molecular flexibility index (Phi) is 4.03. The van der Waals surface area contributed by atoms with Crippen molar-refractivity contribution in [3.8, 4) is 0 Å². The number of hydrogen-bond acceptors (Lipinski definition) is 1. The van der Waals surface area contributed by atoms with Gasteiger partial charge in [0.05, 0.1) is 6.42 Å². The van der Waals surface area contributed by atoms with E-state index in [1.54, 1.807) is 12.1 Å². The average molecular weight is 303 g/mol. The van der Waals surface area contributed by atoms with Crippen LogP contribution in [0, 0.1) is 0 Å². The van der Waals surface area contributed by atoms with Gasteiger partial charge in [-0.3, -0.25) is 0 Å². The summed E-state index contributed by atoms with van der Waals surface area (Å²) in [4.78, 5) is 0. The Labute approximate surface area is 98.5 Å². The van der Waals surface area contributed by atoms with Crippen LogP contribution in [0.25, 0.3) is 0 Å². The minimum absolute atomic E-state index is 0.361. The lowest BCUT2D eigenvalue weighted by Gasteiger charge is -2.16. The molecule has 0 spiro atoms. The van der Waals surface area contributed by atoms with Gasteiger partial charge in [-0.1, -0.05) is 27.5 Å². The second kappa shape index (κ2) is 4.72. The van der Waals surface area contributed by atoms with Gasteiger partial charge in [0.2, 0.25) is 0 Å². The van der Waals surface area contributed by atoms with Gasteiger partial charge in [-0.05, 0) is 23.8 Å². The van der Waals surface area contributed by atoms with E-state index in [0.717, 1.165) is 0 Å². The van der Waals surface area contributed by atoms with Crippen LogP contribution >= 0.6 is 27.5 Å². The molecule has 0 aliphatic rings. The molecule has 0 saturated heterocycles. The van der Waals surface area contributed by atoms with Crippen LogP contribution in [0.4, 0.5) is 13.2 Å². The van der Waals surface area contributed by atoms with Gasteiger partial charge in [0.15, 0.2) is 0 Å². The van der Waals surface area contributed by atoms with Crippen molar-refractivity contribution in [1.82, 2.24) is 0 Å². The standard InChI is InChI=1S/C9H8BrClF3N/c10-7-2-1-5(11)3-6(7)8(15)4-9(12,13)14/h1-3,8H,4,15H2/t8-/m1/s1. The number of rotatable bonds is 2. The molecular weight excluding hydrogens is 294 g/mol. The molecule has 0 bridgehead atoms. The minimum Gasteiger partial charge on any atom is -0.324 e. The summed E-state index contributed by atoms with van der Waals surface area (Å²) in [6.07, 6.45) is -5.34. The normalized spacial score (nSPS) is 14.0. The Balaban J connectivity index is 2.90. The molecule has 84 valence electrons. The molecule has 0 aromatic heterocycles. The third kappa shape index (κ3) is 4.01. The Hall–Kier alpha value is -0.260. The second-order valence-corrected chi connectivity index (χ2v) is 4.38. The lowest BCUT2D eigenvalue weighted by Crippen LogP contribution is -2.20. The van der Waals surface area contributed by atoms with Gasteiger partial charge in [-0.15, -0.1) is 0 Å². The summed E-state index contributed by atoms with van der Waals surface area (Å²) in [6.45, 7) is 0. The summed E-state index contributed by atoms with van der Waals surface area (Å²) in [5.74, 6) is 0. The summed E-state index contributed by atoms with van der Waals surface area (Å²) < 4.78 is 36.8. The van der Waals surface area contributed by atoms with Gasteiger partial charge >= 0.3 is 6.18 Å². The first kappa shape index (κ1) is 12.8.